The maximum Gasteiger partial charge on any atom is 0.317 e. The predicted octanol–water partition coefficient (Wildman–Crippen LogP) is 2.11. The van der Waals surface area contributed by atoms with Crippen LogP contribution in [0.4, 0.5) is 10.5 Å². The molecule has 1 aromatic rings. The topological polar surface area (TPSA) is 82.5 Å². The minimum Gasteiger partial charge on any atom is -0.370 e. The fraction of sp³-hybridized carbons (Fsp3) is 0.773. The number of anilines is 1. The van der Waals surface area contributed by atoms with Crippen molar-refractivity contribution in [3.05, 3.63) is 22.6 Å². The smallest absolute Gasteiger partial charge is 0.317 e. The molecule has 0 radical (unpaired) electrons. The molecule has 2 N–H and O–H groups in total. The molecular formula is C22H36N6O2. The summed E-state index contributed by atoms with van der Waals surface area (Å²) in [5.74, 6) is 0. The molecule has 166 valence electrons. The first-order valence-corrected chi connectivity index (χ1v) is 11.3. The van der Waals surface area contributed by atoms with Crippen LogP contribution in [0.15, 0.2) is 17.1 Å². The molecule has 2 amide bonds. The molecule has 0 aliphatic carbocycles. The minimum absolute atomic E-state index is 0.0143. The third kappa shape index (κ3) is 4.63. The molecule has 30 heavy (non-hydrogen) atoms. The summed E-state index contributed by atoms with van der Waals surface area (Å²) in [6.45, 7) is 12.0. The van der Waals surface area contributed by atoms with Crippen molar-refractivity contribution < 1.29 is 4.79 Å². The molecule has 8 nitrogen and oxygen atoms in total. The maximum atomic E-state index is 13.0. The van der Waals surface area contributed by atoms with Gasteiger partial charge in [-0.15, -0.1) is 0 Å². The Kier molecular flexibility index (Phi) is 5.55. The molecule has 4 rings (SSSR count). The van der Waals surface area contributed by atoms with Gasteiger partial charge in [-0.05, 0) is 59.8 Å². The molecular weight excluding hydrogens is 380 g/mol. The zero-order valence-electron chi connectivity index (χ0n) is 18.8. The van der Waals surface area contributed by atoms with Crippen molar-refractivity contribution in [2.24, 2.45) is 0 Å². The number of amides is 2. The summed E-state index contributed by atoms with van der Waals surface area (Å²) in [6, 6.07) is 1.73. The van der Waals surface area contributed by atoms with E-state index in [4.69, 9.17) is 0 Å². The molecule has 1 aromatic heterocycles. The number of carbonyl (C=O) groups excluding carboxylic acids is 1. The summed E-state index contributed by atoms with van der Waals surface area (Å²) in [6.07, 6.45) is 6.51. The third-order valence-corrected chi connectivity index (χ3v) is 6.58. The number of nitrogens with zero attached hydrogens (tertiary/aromatic N) is 4. The van der Waals surface area contributed by atoms with Crippen molar-refractivity contribution in [2.45, 2.75) is 83.0 Å². The Balaban J connectivity index is 1.40. The molecule has 1 unspecified atom stereocenters. The van der Waals surface area contributed by atoms with E-state index in [0.29, 0.717) is 6.54 Å². The van der Waals surface area contributed by atoms with Gasteiger partial charge in [-0.1, -0.05) is 0 Å². The first-order valence-electron chi connectivity index (χ1n) is 11.3. The quantitative estimate of drug-likeness (QED) is 0.789. The van der Waals surface area contributed by atoms with Crippen LogP contribution < -0.4 is 21.1 Å². The van der Waals surface area contributed by atoms with E-state index in [1.807, 2.05) is 4.90 Å². The van der Waals surface area contributed by atoms with Crippen LogP contribution in [0.2, 0.25) is 0 Å². The molecule has 0 saturated carbocycles. The second-order valence-electron chi connectivity index (χ2n) is 10.5. The molecule has 3 saturated heterocycles. The molecule has 3 aliphatic rings. The summed E-state index contributed by atoms with van der Waals surface area (Å²) >= 11 is 0. The summed E-state index contributed by atoms with van der Waals surface area (Å²) < 4.78 is 1.57. The summed E-state index contributed by atoms with van der Waals surface area (Å²) in [7, 11) is 0. The number of rotatable bonds is 3. The van der Waals surface area contributed by atoms with Crippen molar-refractivity contribution in [2.75, 3.05) is 31.1 Å². The zero-order valence-corrected chi connectivity index (χ0v) is 18.8. The number of nitrogens with one attached hydrogen (secondary N) is 2. The average Bonchev–Trinajstić information content (AvgIpc) is 2.57. The number of hydrogen-bond donors (Lipinski definition) is 2. The van der Waals surface area contributed by atoms with E-state index in [-0.39, 0.29) is 34.8 Å². The maximum absolute atomic E-state index is 13.0. The fourth-order valence-electron chi connectivity index (χ4n) is 5.46. The lowest BCUT2D eigenvalue weighted by atomic mass is 9.79. The van der Waals surface area contributed by atoms with E-state index in [1.165, 1.54) is 6.42 Å². The molecule has 3 fully saturated rings. The summed E-state index contributed by atoms with van der Waals surface area (Å²) in [5, 5.41) is 11.4. The van der Waals surface area contributed by atoms with Gasteiger partial charge in [0.25, 0.3) is 5.56 Å². The van der Waals surface area contributed by atoms with Gasteiger partial charge in [0.1, 0.15) is 0 Å². The minimum atomic E-state index is -0.0755. The zero-order chi connectivity index (χ0) is 21.5. The summed E-state index contributed by atoms with van der Waals surface area (Å²) in [4.78, 5) is 29.7. The monoisotopic (exact) mass is 416 g/mol. The number of likely N-dealkylation sites (tertiary alicyclic amines) is 1. The SMILES string of the molecule is CC1(C)CC(NC(=O)N2CCCC(n3ncc(N4CCC4)cc3=O)C2)CC(C)(C)N1. The van der Waals surface area contributed by atoms with Gasteiger partial charge < -0.3 is 20.4 Å². The first-order chi connectivity index (χ1) is 14.1. The van der Waals surface area contributed by atoms with Gasteiger partial charge in [-0.2, -0.15) is 5.10 Å². The number of piperidine rings is 2. The van der Waals surface area contributed by atoms with Crippen LogP contribution in [0.3, 0.4) is 0 Å². The Hall–Kier alpha value is -2.09. The molecule has 0 aromatic carbocycles. The van der Waals surface area contributed by atoms with Crippen LogP contribution in [0.25, 0.3) is 0 Å². The number of aromatic nitrogens is 2. The Labute approximate surface area is 179 Å². The van der Waals surface area contributed by atoms with Gasteiger partial charge in [0.05, 0.1) is 17.9 Å². The highest BCUT2D eigenvalue weighted by Gasteiger charge is 2.39. The van der Waals surface area contributed by atoms with E-state index in [9.17, 15) is 9.59 Å². The van der Waals surface area contributed by atoms with Crippen molar-refractivity contribution >= 4 is 11.7 Å². The highest BCUT2D eigenvalue weighted by Crippen LogP contribution is 2.29. The highest BCUT2D eigenvalue weighted by molar-refractivity contribution is 5.74. The molecule has 0 spiro atoms. The predicted molar refractivity (Wildman–Crippen MR) is 118 cm³/mol. The Morgan fingerprint density at radius 1 is 1.13 bits per heavy atom. The third-order valence-electron chi connectivity index (χ3n) is 6.58. The van der Waals surface area contributed by atoms with Crippen LogP contribution in [0.1, 0.15) is 65.8 Å². The second kappa shape index (κ2) is 7.87. The van der Waals surface area contributed by atoms with E-state index in [1.54, 1.807) is 16.9 Å². The normalized spacial score (nSPS) is 26.2. The van der Waals surface area contributed by atoms with Crippen molar-refractivity contribution in [3.63, 3.8) is 0 Å². The van der Waals surface area contributed by atoms with E-state index in [0.717, 1.165) is 51.0 Å². The average molecular weight is 417 g/mol. The molecule has 0 bridgehead atoms. The molecule has 4 heterocycles. The van der Waals surface area contributed by atoms with E-state index in [2.05, 4.69) is 48.3 Å². The van der Waals surface area contributed by atoms with Gasteiger partial charge in [-0.25, -0.2) is 9.48 Å². The summed E-state index contributed by atoms with van der Waals surface area (Å²) in [5.41, 5.74) is 0.802. The molecule has 8 heteroatoms. The van der Waals surface area contributed by atoms with Crippen LogP contribution in [0.5, 0.6) is 0 Å². The van der Waals surface area contributed by atoms with Gasteiger partial charge >= 0.3 is 6.03 Å². The van der Waals surface area contributed by atoms with Crippen LogP contribution >= 0.6 is 0 Å². The standard InChI is InChI=1S/C22H36N6O2/c1-21(2)12-16(13-22(3,4)25-21)24-20(30)27-8-5-7-17(15-27)28-19(29)11-18(14-23-28)26-9-6-10-26/h11,14,16-17,25H,5-10,12-13,15H2,1-4H3,(H,24,30). The lowest BCUT2D eigenvalue weighted by molar-refractivity contribution is 0.128. The largest absolute Gasteiger partial charge is 0.370 e. The lowest BCUT2D eigenvalue weighted by Crippen LogP contribution is -2.63. The van der Waals surface area contributed by atoms with Crippen molar-refractivity contribution in [1.29, 1.82) is 0 Å². The van der Waals surface area contributed by atoms with Crippen LogP contribution in [-0.4, -0.2) is 64.0 Å². The van der Waals surface area contributed by atoms with Gasteiger partial charge in [0.15, 0.2) is 0 Å². The van der Waals surface area contributed by atoms with Gasteiger partial charge in [-0.3, -0.25) is 4.79 Å². The molecule has 3 aliphatic heterocycles. The Bertz CT molecular complexity index is 828. The van der Waals surface area contributed by atoms with Gasteiger partial charge in [0, 0.05) is 49.4 Å². The van der Waals surface area contributed by atoms with Gasteiger partial charge in [0.2, 0.25) is 0 Å². The lowest BCUT2D eigenvalue weighted by Gasteiger charge is -2.47. The van der Waals surface area contributed by atoms with E-state index >= 15 is 0 Å². The van der Waals surface area contributed by atoms with E-state index < -0.39 is 0 Å². The number of carbonyl (C=O) groups is 1. The van der Waals surface area contributed by atoms with Crippen molar-refractivity contribution in [3.8, 4) is 0 Å². The van der Waals surface area contributed by atoms with Crippen molar-refractivity contribution in [1.82, 2.24) is 25.3 Å². The fourth-order valence-corrected chi connectivity index (χ4v) is 5.46. The number of hydrogen-bond acceptors (Lipinski definition) is 5. The first kappa shape index (κ1) is 21.2. The molecule has 1 atom stereocenters. The second-order valence-corrected chi connectivity index (χ2v) is 10.5. The Morgan fingerprint density at radius 3 is 2.43 bits per heavy atom. The van der Waals surface area contributed by atoms with Crippen LogP contribution in [-0.2, 0) is 0 Å². The number of urea groups is 1. The van der Waals surface area contributed by atoms with Crippen LogP contribution in [0, 0.1) is 0 Å². The highest BCUT2D eigenvalue weighted by atomic mass is 16.2. The Morgan fingerprint density at radius 2 is 1.83 bits per heavy atom.